The summed E-state index contributed by atoms with van der Waals surface area (Å²) in [7, 11) is 0. The van der Waals surface area contributed by atoms with Crippen LogP contribution in [-0.4, -0.2) is 35.8 Å². The zero-order valence-electron chi connectivity index (χ0n) is 12.3. The number of rotatable bonds is 7. The molecule has 1 aromatic rings. The van der Waals surface area contributed by atoms with Crippen LogP contribution in [0.15, 0.2) is 18.2 Å². The fraction of sp³-hybridized carbons (Fsp3) is 0.429. The standard InChI is InChI=1S/C14H18F2N2O4/c1-14(2,8-18-13(21)17-4-3-12(19)20)22-11-6-9(15)5-10(16)7-11/h5-7H,3-4,8H2,1-2H3,(H,19,20)(H2,17,18,21). The molecule has 1 aromatic carbocycles. The van der Waals surface area contributed by atoms with Gasteiger partial charge in [0.15, 0.2) is 0 Å². The molecular formula is C14H18F2N2O4. The van der Waals surface area contributed by atoms with Crippen LogP contribution in [0.5, 0.6) is 5.75 Å². The van der Waals surface area contributed by atoms with Crippen molar-refractivity contribution in [2.24, 2.45) is 0 Å². The lowest BCUT2D eigenvalue weighted by Crippen LogP contribution is -2.46. The van der Waals surface area contributed by atoms with Gasteiger partial charge in [0.05, 0.1) is 13.0 Å². The number of hydrogen-bond donors (Lipinski definition) is 3. The highest BCUT2D eigenvalue weighted by Crippen LogP contribution is 2.20. The summed E-state index contributed by atoms with van der Waals surface area (Å²) in [6, 6.07) is 2.26. The van der Waals surface area contributed by atoms with Gasteiger partial charge in [0.25, 0.3) is 0 Å². The van der Waals surface area contributed by atoms with Gasteiger partial charge >= 0.3 is 12.0 Å². The lowest BCUT2D eigenvalue weighted by atomic mass is 10.1. The summed E-state index contributed by atoms with van der Waals surface area (Å²) in [5, 5.41) is 13.3. The molecule has 0 saturated carbocycles. The molecule has 0 heterocycles. The number of halogens is 2. The zero-order valence-corrected chi connectivity index (χ0v) is 12.3. The molecule has 22 heavy (non-hydrogen) atoms. The Hall–Kier alpha value is -2.38. The number of amides is 2. The molecule has 0 saturated heterocycles. The van der Waals surface area contributed by atoms with Gasteiger partial charge in [-0.25, -0.2) is 13.6 Å². The molecule has 0 unspecified atom stereocenters. The van der Waals surface area contributed by atoms with Crippen molar-refractivity contribution in [3.05, 3.63) is 29.8 Å². The van der Waals surface area contributed by atoms with Crippen molar-refractivity contribution in [1.82, 2.24) is 10.6 Å². The summed E-state index contributed by atoms with van der Waals surface area (Å²) in [6.07, 6.45) is -0.185. The highest BCUT2D eigenvalue weighted by molar-refractivity contribution is 5.75. The predicted octanol–water partition coefficient (Wildman–Crippen LogP) is 1.90. The van der Waals surface area contributed by atoms with Gasteiger partial charge in [-0.05, 0) is 13.8 Å². The van der Waals surface area contributed by atoms with Gasteiger partial charge in [0.1, 0.15) is 23.0 Å². The Morgan fingerprint density at radius 3 is 2.32 bits per heavy atom. The third-order valence-corrected chi connectivity index (χ3v) is 2.53. The molecule has 0 fully saturated rings. The molecule has 122 valence electrons. The van der Waals surface area contributed by atoms with Gasteiger partial charge in [-0.15, -0.1) is 0 Å². The quantitative estimate of drug-likeness (QED) is 0.717. The number of carboxylic acid groups (broad SMARTS) is 1. The number of ether oxygens (including phenoxy) is 1. The lowest BCUT2D eigenvalue weighted by Gasteiger charge is -2.26. The molecule has 6 nitrogen and oxygen atoms in total. The Morgan fingerprint density at radius 1 is 1.18 bits per heavy atom. The number of hydrogen-bond acceptors (Lipinski definition) is 3. The van der Waals surface area contributed by atoms with Crippen LogP contribution in [0, 0.1) is 11.6 Å². The SMILES string of the molecule is CC(C)(CNC(=O)NCCC(=O)O)Oc1cc(F)cc(F)c1. The van der Waals surface area contributed by atoms with Gasteiger partial charge < -0.3 is 20.5 Å². The first kappa shape index (κ1) is 17.7. The molecule has 0 bridgehead atoms. The third kappa shape index (κ3) is 6.87. The molecule has 0 aliphatic carbocycles. The minimum atomic E-state index is -1.02. The number of carbonyl (C=O) groups is 2. The van der Waals surface area contributed by atoms with Crippen molar-refractivity contribution in [2.45, 2.75) is 25.9 Å². The smallest absolute Gasteiger partial charge is 0.314 e. The molecule has 0 aromatic heterocycles. The summed E-state index contributed by atoms with van der Waals surface area (Å²) < 4.78 is 31.6. The predicted molar refractivity (Wildman–Crippen MR) is 74.7 cm³/mol. The topological polar surface area (TPSA) is 87.7 Å². The molecule has 0 radical (unpaired) electrons. The maximum Gasteiger partial charge on any atom is 0.314 e. The molecule has 3 N–H and O–H groups in total. The van der Waals surface area contributed by atoms with Crippen molar-refractivity contribution >= 4 is 12.0 Å². The van der Waals surface area contributed by atoms with Gasteiger partial charge in [0, 0.05) is 24.7 Å². The van der Waals surface area contributed by atoms with Crippen LogP contribution < -0.4 is 15.4 Å². The van der Waals surface area contributed by atoms with E-state index in [4.69, 9.17) is 9.84 Å². The Morgan fingerprint density at radius 2 is 1.77 bits per heavy atom. The van der Waals surface area contributed by atoms with E-state index in [0.29, 0.717) is 0 Å². The van der Waals surface area contributed by atoms with E-state index in [1.807, 2.05) is 0 Å². The second kappa shape index (κ2) is 7.58. The van der Waals surface area contributed by atoms with Crippen LogP contribution in [0.3, 0.4) is 0 Å². The number of carboxylic acids is 1. The number of aliphatic carboxylic acids is 1. The molecular weight excluding hydrogens is 298 g/mol. The molecule has 1 rings (SSSR count). The van der Waals surface area contributed by atoms with Crippen molar-refractivity contribution in [3.63, 3.8) is 0 Å². The molecule has 0 aliphatic heterocycles. The Bertz CT molecular complexity index is 529. The summed E-state index contributed by atoms with van der Waals surface area (Å²) >= 11 is 0. The largest absolute Gasteiger partial charge is 0.486 e. The summed E-state index contributed by atoms with van der Waals surface area (Å²) in [5.74, 6) is -2.52. The second-order valence-corrected chi connectivity index (χ2v) is 5.22. The van der Waals surface area contributed by atoms with Crippen LogP contribution in [0.25, 0.3) is 0 Å². The minimum Gasteiger partial charge on any atom is -0.486 e. The van der Waals surface area contributed by atoms with Crippen molar-refractivity contribution in [3.8, 4) is 5.75 Å². The second-order valence-electron chi connectivity index (χ2n) is 5.22. The van der Waals surface area contributed by atoms with Gasteiger partial charge in [-0.2, -0.15) is 0 Å². The van der Waals surface area contributed by atoms with Crippen molar-refractivity contribution in [2.75, 3.05) is 13.1 Å². The van der Waals surface area contributed by atoms with E-state index in [9.17, 15) is 18.4 Å². The van der Waals surface area contributed by atoms with E-state index in [0.717, 1.165) is 18.2 Å². The highest BCUT2D eigenvalue weighted by Gasteiger charge is 2.21. The number of carbonyl (C=O) groups excluding carboxylic acids is 1. The molecule has 0 atom stereocenters. The molecule has 8 heteroatoms. The van der Waals surface area contributed by atoms with E-state index in [1.165, 1.54) is 0 Å². The first-order chi connectivity index (χ1) is 10.2. The van der Waals surface area contributed by atoms with Crippen LogP contribution in [0.4, 0.5) is 13.6 Å². The van der Waals surface area contributed by atoms with E-state index < -0.39 is 29.2 Å². The summed E-state index contributed by atoms with van der Waals surface area (Å²) in [4.78, 5) is 21.7. The molecule has 0 spiro atoms. The fourth-order valence-corrected chi connectivity index (χ4v) is 1.58. The normalized spacial score (nSPS) is 10.9. The van der Waals surface area contributed by atoms with Crippen LogP contribution in [0.1, 0.15) is 20.3 Å². The van der Waals surface area contributed by atoms with E-state index >= 15 is 0 Å². The maximum absolute atomic E-state index is 13.1. The van der Waals surface area contributed by atoms with E-state index in [1.54, 1.807) is 13.8 Å². The van der Waals surface area contributed by atoms with Gasteiger partial charge in [-0.1, -0.05) is 0 Å². The first-order valence-corrected chi connectivity index (χ1v) is 6.56. The van der Waals surface area contributed by atoms with Crippen LogP contribution >= 0.6 is 0 Å². The Kier molecular flexibility index (Phi) is 6.09. The summed E-state index contributed by atoms with van der Waals surface area (Å²) in [6.45, 7) is 3.32. The Balaban J connectivity index is 2.46. The maximum atomic E-state index is 13.1. The monoisotopic (exact) mass is 316 g/mol. The first-order valence-electron chi connectivity index (χ1n) is 6.56. The van der Waals surface area contributed by atoms with Crippen LogP contribution in [-0.2, 0) is 4.79 Å². The number of benzene rings is 1. The Labute approximate surface area is 126 Å². The van der Waals surface area contributed by atoms with Gasteiger partial charge in [0.2, 0.25) is 0 Å². The van der Waals surface area contributed by atoms with E-state index in [-0.39, 0.29) is 25.3 Å². The highest BCUT2D eigenvalue weighted by atomic mass is 19.1. The summed E-state index contributed by atoms with van der Waals surface area (Å²) in [5.41, 5.74) is -0.912. The molecule has 2 amide bonds. The van der Waals surface area contributed by atoms with Gasteiger partial charge in [-0.3, -0.25) is 4.79 Å². The van der Waals surface area contributed by atoms with E-state index in [2.05, 4.69) is 10.6 Å². The third-order valence-electron chi connectivity index (χ3n) is 2.53. The van der Waals surface area contributed by atoms with Crippen molar-refractivity contribution < 1.29 is 28.2 Å². The van der Waals surface area contributed by atoms with Crippen molar-refractivity contribution in [1.29, 1.82) is 0 Å². The zero-order chi connectivity index (χ0) is 16.8. The molecule has 0 aliphatic rings. The number of urea groups is 1. The lowest BCUT2D eigenvalue weighted by molar-refractivity contribution is -0.136. The average molecular weight is 316 g/mol. The number of nitrogens with one attached hydrogen (secondary N) is 2. The average Bonchev–Trinajstić information content (AvgIpc) is 2.34. The minimum absolute atomic E-state index is 0.00242. The van der Waals surface area contributed by atoms with Crippen LogP contribution in [0.2, 0.25) is 0 Å². The fourth-order valence-electron chi connectivity index (χ4n) is 1.58.